The van der Waals surface area contributed by atoms with Gasteiger partial charge in [0.25, 0.3) is 20.2 Å². The van der Waals surface area contributed by atoms with Gasteiger partial charge in [0.05, 0.1) is 27.5 Å². The Bertz CT molecular complexity index is 1950. The quantitative estimate of drug-likeness (QED) is 0.149. The van der Waals surface area contributed by atoms with Crippen molar-refractivity contribution in [2.45, 2.75) is 54.3 Å². The summed E-state index contributed by atoms with van der Waals surface area (Å²) < 4.78 is 87.9. The Kier molecular flexibility index (Phi) is 11.3. The van der Waals surface area contributed by atoms with Crippen LogP contribution in [0.15, 0.2) is 119 Å². The van der Waals surface area contributed by atoms with Crippen LogP contribution in [0.25, 0.3) is 0 Å². The SMILES string of the molecule is CO[C@H]1O[C@H](COS(=O)(=O)c2ccc(C)cc2)[C@@H](OS(=O)(=O)c2ccc(C)cc2)[C@H](OC(=O)c2ccccc2)[C@H]1OC(=O)c1ccccc1. The lowest BCUT2D eigenvalue weighted by molar-refractivity contribution is -0.286. The first kappa shape index (κ1) is 35.9. The first-order chi connectivity index (χ1) is 23.4. The van der Waals surface area contributed by atoms with E-state index in [1.807, 2.05) is 0 Å². The van der Waals surface area contributed by atoms with Crippen molar-refractivity contribution in [3.05, 3.63) is 131 Å². The summed E-state index contributed by atoms with van der Waals surface area (Å²) in [6, 6.07) is 27.3. The van der Waals surface area contributed by atoms with E-state index in [0.29, 0.717) is 0 Å². The van der Waals surface area contributed by atoms with Gasteiger partial charge in [0.15, 0.2) is 18.5 Å². The van der Waals surface area contributed by atoms with E-state index in [1.54, 1.807) is 74.5 Å². The molecule has 1 saturated heterocycles. The van der Waals surface area contributed by atoms with E-state index in [2.05, 4.69) is 0 Å². The van der Waals surface area contributed by atoms with Crippen LogP contribution in [-0.2, 0) is 47.5 Å². The summed E-state index contributed by atoms with van der Waals surface area (Å²) >= 11 is 0. The monoisotopic (exact) mass is 710 g/mol. The van der Waals surface area contributed by atoms with Crippen LogP contribution < -0.4 is 0 Å². The molecule has 1 aliphatic heterocycles. The van der Waals surface area contributed by atoms with Crippen LogP contribution in [0.5, 0.6) is 0 Å². The van der Waals surface area contributed by atoms with Crippen molar-refractivity contribution in [3.63, 3.8) is 0 Å². The minimum Gasteiger partial charge on any atom is -0.452 e. The summed E-state index contributed by atoms with van der Waals surface area (Å²) in [4.78, 5) is 26.4. The number of benzene rings is 4. The molecule has 0 amide bonds. The van der Waals surface area contributed by atoms with Crippen LogP contribution in [-0.4, -0.2) is 73.2 Å². The normalized spacial score (nSPS) is 21.1. The molecule has 4 aromatic rings. The minimum absolute atomic E-state index is 0.0889. The highest BCUT2D eigenvalue weighted by molar-refractivity contribution is 7.87. The van der Waals surface area contributed by atoms with Gasteiger partial charge in [-0.3, -0.25) is 8.37 Å². The van der Waals surface area contributed by atoms with Crippen molar-refractivity contribution in [2.24, 2.45) is 0 Å². The zero-order valence-electron chi connectivity index (χ0n) is 26.7. The summed E-state index contributed by atoms with van der Waals surface area (Å²) in [5.74, 6) is -1.79. The third-order valence-electron chi connectivity index (χ3n) is 7.57. The topological polar surface area (TPSA) is 158 Å². The van der Waals surface area contributed by atoms with Crippen molar-refractivity contribution in [1.29, 1.82) is 0 Å². The molecule has 1 aliphatic rings. The Morgan fingerprint density at radius 1 is 0.612 bits per heavy atom. The molecular formula is C35H34O12S2. The minimum atomic E-state index is -4.64. The van der Waals surface area contributed by atoms with Gasteiger partial charge in [0, 0.05) is 7.11 Å². The molecule has 258 valence electrons. The Labute approximate surface area is 284 Å². The lowest BCUT2D eigenvalue weighted by Gasteiger charge is -2.43. The highest BCUT2D eigenvalue weighted by Crippen LogP contribution is 2.33. The maximum absolute atomic E-state index is 13.7. The molecule has 4 aromatic carbocycles. The highest BCUT2D eigenvalue weighted by atomic mass is 32.2. The average Bonchev–Trinajstić information content (AvgIpc) is 3.10. The Morgan fingerprint density at radius 2 is 1.06 bits per heavy atom. The highest BCUT2D eigenvalue weighted by Gasteiger charge is 2.53. The summed E-state index contributed by atoms with van der Waals surface area (Å²) in [7, 11) is -7.82. The molecule has 1 heterocycles. The molecule has 0 saturated carbocycles. The van der Waals surface area contributed by atoms with Crippen molar-refractivity contribution in [3.8, 4) is 0 Å². The number of esters is 2. The van der Waals surface area contributed by atoms with E-state index in [0.717, 1.165) is 11.1 Å². The molecular weight excluding hydrogens is 677 g/mol. The van der Waals surface area contributed by atoms with E-state index in [4.69, 9.17) is 27.3 Å². The number of ether oxygens (including phenoxy) is 4. The number of carbonyl (C=O) groups is 2. The number of carbonyl (C=O) groups excluding carboxylic acids is 2. The van der Waals surface area contributed by atoms with Crippen molar-refractivity contribution >= 4 is 32.2 Å². The average molecular weight is 711 g/mol. The predicted molar refractivity (Wildman–Crippen MR) is 175 cm³/mol. The molecule has 0 unspecified atom stereocenters. The Morgan fingerprint density at radius 3 is 1.53 bits per heavy atom. The number of hydrogen-bond donors (Lipinski definition) is 0. The van der Waals surface area contributed by atoms with Gasteiger partial charge in [0.2, 0.25) is 0 Å². The second kappa shape index (κ2) is 15.4. The first-order valence-corrected chi connectivity index (χ1v) is 17.9. The lowest BCUT2D eigenvalue weighted by atomic mass is 9.98. The summed E-state index contributed by atoms with van der Waals surface area (Å²) in [6.07, 6.45) is -8.21. The van der Waals surface area contributed by atoms with Gasteiger partial charge in [-0.15, -0.1) is 0 Å². The predicted octanol–water partition coefficient (Wildman–Crippen LogP) is 4.61. The van der Waals surface area contributed by atoms with Gasteiger partial charge in [-0.1, -0.05) is 71.8 Å². The maximum atomic E-state index is 13.7. The van der Waals surface area contributed by atoms with Crippen LogP contribution in [0.4, 0.5) is 0 Å². The number of rotatable bonds is 12. The summed E-state index contributed by atoms with van der Waals surface area (Å²) in [6.45, 7) is 2.75. The fraction of sp³-hybridized carbons (Fsp3) is 0.257. The van der Waals surface area contributed by atoms with Crippen LogP contribution in [0.2, 0.25) is 0 Å². The molecule has 0 radical (unpaired) electrons. The fourth-order valence-corrected chi connectivity index (χ4v) is 6.97. The Balaban J connectivity index is 1.56. The smallest absolute Gasteiger partial charge is 0.338 e. The molecule has 1 fully saturated rings. The molecule has 12 nitrogen and oxygen atoms in total. The van der Waals surface area contributed by atoms with Gasteiger partial charge in [-0.2, -0.15) is 16.8 Å². The maximum Gasteiger partial charge on any atom is 0.338 e. The third-order valence-corrected chi connectivity index (χ3v) is 10.2. The standard InChI is InChI=1S/C35H34O12S2/c1-23-14-18-27(19-15-23)48(38,39)43-22-29-30(47-49(40,41)28-20-16-24(2)17-21-28)31(45-33(36)25-10-6-4-7-11-25)32(35(42-3)44-29)46-34(37)26-12-8-5-9-13-26/h4-21,29-32,35H,22H2,1-3H3/t29-,30-,31+,32-,35+/m1/s1. The van der Waals surface area contributed by atoms with E-state index in [9.17, 15) is 26.4 Å². The fourth-order valence-electron chi connectivity index (χ4n) is 4.95. The second-order valence-electron chi connectivity index (χ2n) is 11.1. The number of aryl methyl sites for hydroxylation is 2. The second-order valence-corrected chi connectivity index (χ2v) is 14.3. The first-order valence-electron chi connectivity index (χ1n) is 15.0. The van der Waals surface area contributed by atoms with Crippen LogP contribution in [0.1, 0.15) is 31.8 Å². The number of hydrogen-bond acceptors (Lipinski definition) is 12. The van der Waals surface area contributed by atoms with E-state index in [-0.39, 0.29) is 20.9 Å². The van der Waals surface area contributed by atoms with Gasteiger partial charge >= 0.3 is 11.9 Å². The largest absolute Gasteiger partial charge is 0.452 e. The zero-order chi connectivity index (χ0) is 35.2. The van der Waals surface area contributed by atoms with Crippen molar-refractivity contribution in [2.75, 3.05) is 13.7 Å². The van der Waals surface area contributed by atoms with E-state index < -0.39 is 69.5 Å². The molecule has 5 atom stereocenters. The summed E-state index contributed by atoms with van der Waals surface area (Å²) in [5.41, 5.74) is 1.81. The summed E-state index contributed by atoms with van der Waals surface area (Å²) in [5, 5.41) is 0. The van der Waals surface area contributed by atoms with E-state index in [1.165, 1.54) is 55.6 Å². The number of methoxy groups -OCH3 is 1. The molecule has 0 N–H and O–H groups in total. The molecule has 0 aromatic heterocycles. The molecule has 49 heavy (non-hydrogen) atoms. The lowest BCUT2D eigenvalue weighted by Crippen LogP contribution is -2.63. The van der Waals surface area contributed by atoms with Crippen LogP contribution >= 0.6 is 0 Å². The molecule has 0 spiro atoms. The van der Waals surface area contributed by atoms with Crippen LogP contribution in [0, 0.1) is 13.8 Å². The van der Waals surface area contributed by atoms with E-state index >= 15 is 0 Å². The molecule has 0 aliphatic carbocycles. The van der Waals surface area contributed by atoms with Gasteiger partial charge < -0.3 is 18.9 Å². The van der Waals surface area contributed by atoms with Gasteiger partial charge in [-0.25, -0.2) is 9.59 Å². The van der Waals surface area contributed by atoms with Crippen LogP contribution in [0.3, 0.4) is 0 Å². The third kappa shape index (κ3) is 8.78. The molecule has 0 bridgehead atoms. The van der Waals surface area contributed by atoms with Crippen molar-refractivity contribution in [1.82, 2.24) is 0 Å². The van der Waals surface area contributed by atoms with Crippen molar-refractivity contribution < 1.29 is 53.7 Å². The zero-order valence-corrected chi connectivity index (χ0v) is 28.3. The molecule has 5 rings (SSSR count). The van der Waals surface area contributed by atoms with Gasteiger partial charge in [0.1, 0.15) is 12.2 Å². The molecule has 14 heteroatoms. The Hall–Kier alpha value is -4.44. The van der Waals surface area contributed by atoms with Gasteiger partial charge in [-0.05, 0) is 62.4 Å².